The van der Waals surface area contributed by atoms with Crippen molar-refractivity contribution in [2.24, 2.45) is 0 Å². The summed E-state index contributed by atoms with van der Waals surface area (Å²) in [6, 6.07) is 8.31. The van der Waals surface area contributed by atoms with Gasteiger partial charge in [0.15, 0.2) is 0 Å². The predicted octanol–water partition coefficient (Wildman–Crippen LogP) is 2.94. The first-order valence-electron chi connectivity index (χ1n) is 7.77. The van der Waals surface area contributed by atoms with Gasteiger partial charge in [-0.2, -0.15) is 0 Å². The van der Waals surface area contributed by atoms with E-state index < -0.39 is 0 Å². The van der Waals surface area contributed by atoms with E-state index in [0.29, 0.717) is 6.04 Å². The quantitative estimate of drug-likeness (QED) is 0.855. The number of urea groups is 1. The Morgan fingerprint density at radius 1 is 1.09 bits per heavy atom. The fourth-order valence-electron chi connectivity index (χ4n) is 3.33. The Kier molecular flexibility index (Phi) is 3.25. The Balaban J connectivity index is 1.57. The van der Waals surface area contributed by atoms with Crippen molar-refractivity contribution < 1.29 is 4.79 Å². The van der Waals surface area contributed by atoms with Crippen LogP contribution in [-0.2, 0) is 0 Å². The minimum absolute atomic E-state index is 0.103. The topological polar surface area (TPSA) is 49.3 Å². The summed E-state index contributed by atoms with van der Waals surface area (Å²) in [5, 5.41) is 0. The van der Waals surface area contributed by atoms with E-state index in [1.54, 1.807) is 6.20 Å². The van der Waals surface area contributed by atoms with E-state index >= 15 is 0 Å². The second-order valence-electron chi connectivity index (χ2n) is 5.88. The number of hydrogen-bond acceptors (Lipinski definition) is 3. The largest absolute Gasteiger partial charge is 0.326 e. The average molecular weight is 294 g/mol. The van der Waals surface area contributed by atoms with Gasteiger partial charge in [0, 0.05) is 42.8 Å². The molecule has 4 rings (SSSR count). The van der Waals surface area contributed by atoms with Gasteiger partial charge in [0.05, 0.1) is 6.04 Å². The van der Waals surface area contributed by atoms with Crippen LogP contribution in [0.2, 0.25) is 0 Å². The first-order valence-corrected chi connectivity index (χ1v) is 7.77. The maximum atomic E-state index is 12.5. The molecular weight excluding hydrogens is 276 g/mol. The minimum Gasteiger partial charge on any atom is -0.320 e. The standard InChI is InChI=1S/C17H18N4O/c22-17-20-9-2-1-5-15(20)12-21(17)16-7-6-14(11-19-16)13-4-3-8-18-10-13/h3-4,6-8,10-11,15H,1-2,5,9,12H2. The van der Waals surface area contributed by atoms with Crippen LogP contribution in [0.5, 0.6) is 0 Å². The lowest BCUT2D eigenvalue weighted by molar-refractivity contribution is 0.187. The number of rotatable bonds is 2. The molecule has 1 unspecified atom stereocenters. The number of anilines is 1. The zero-order chi connectivity index (χ0) is 14.9. The van der Waals surface area contributed by atoms with E-state index in [4.69, 9.17) is 0 Å². The second kappa shape index (κ2) is 5.40. The molecule has 0 N–H and O–H groups in total. The van der Waals surface area contributed by atoms with Gasteiger partial charge in [-0.05, 0) is 37.5 Å². The smallest absolute Gasteiger partial charge is 0.320 e. The lowest BCUT2D eigenvalue weighted by atomic mass is 10.0. The van der Waals surface area contributed by atoms with Crippen LogP contribution >= 0.6 is 0 Å². The molecule has 2 saturated heterocycles. The van der Waals surface area contributed by atoms with Crippen molar-refractivity contribution in [2.75, 3.05) is 18.0 Å². The first-order chi connectivity index (χ1) is 10.8. The zero-order valence-electron chi connectivity index (χ0n) is 12.4. The maximum absolute atomic E-state index is 12.5. The van der Waals surface area contributed by atoms with Gasteiger partial charge in [-0.3, -0.25) is 9.88 Å². The lowest BCUT2D eigenvalue weighted by Crippen LogP contribution is -2.38. The highest BCUT2D eigenvalue weighted by atomic mass is 16.2. The summed E-state index contributed by atoms with van der Waals surface area (Å²) in [5.74, 6) is 0.743. The number of carbonyl (C=O) groups excluding carboxylic acids is 1. The molecule has 2 amide bonds. The Bertz CT molecular complexity index is 671. The van der Waals surface area contributed by atoms with E-state index in [-0.39, 0.29) is 6.03 Å². The second-order valence-corrected chi connectivity index (χ2v) is 5.88. The molecule has 5 heteroatoms. The van der Waals surface area contributed by atoms with Gasteiger partial charge >= 0.3 is 6.03 Å². The monoisotopic (exact) mass is 294 g/mol. The predicted molar refractivity (Wildman–Crippen MR) is 84.6 cm³/mol. The SMILES string of the molecule is O=C1N(c2ccc(-c3cccnc3)cn2)CC2CCCCN12. The van der Waals surface area contributed by atoms with Crippen molar-refractivity contribution in [1.82, 2.24) is 14.9 Å². The van der Waals surface area contributed by atoms with E-state index in [2.05, 4.69) is 9.97 Å². The number of nitrogens with zero attached hydrogens (tertiary/aromatic N) is 4. The minimum atomic E-state index is 0.103. The van der Waals surface area contributed by atoms with Gasteiger partial charge in [0.1, 0.15) is 5.82 Å². The Labute approximate surface area is 129 Å². The molecule has 2 aliphatic rings. The molecule has 0 aromatic carbocycles. The molecule has 2 fully saturated rings. The summed E-state index contributed by atoms with van der Waals surface area (Å²) >= 11 is 0. The van der Waals surface area contributed by atoms with Crippen LogP contribution in [0.3, 0.4) is 0 Å². The van der Waals surface area contributed by atoms with Gasteiger partial charge in [-0.1, -0.05) is 6.07 Å². The summed E-state index contributed by atoms with van der Waals surface area (Å²) < 4.78 is 0. The molecule has 2 aliphatic heterocycles. The number of amides is 2. The summed E-state index contributed by atoms with van der Waals surface area (Å²) in [7, 11) is 0. The Hall–Kier alpha value is -2.43. The summed E-state index contributed by atoms with van der Waals surface area (Å²) in [6.07, 6.45) is 8.83. The van der Waals surface area contributed by atoms with E-state index in [9.17, 15) is 4.79 Å². The van der Waals surface area contributed by atoms with Crippen molar-refractivity contribution in [2.45, 2.75) is 25.3 Å². The van der Waals surface area contributed by atoms with Crippen LogP contribution in [0.4, 0.5) is 10.6 Å². The fraction of sp³-hybridized carbons (Fsp3) is 0.353. The van der Waals surface area contributed by atoms with Crippen LogP contribution < -0.4 is 4.90 Å². The molecule has 1 atom stereocenters. The van der Waals surface area contributed by atoms with E-state index in [1.807, 2.05) is 46.5 Å². The number of aromatic nitrogens is 2. The Morgan fingerprint density at radius 3 is 2.73 bits per heavy atom. The van der Waals surface area contributed by atoms with Crippen molar-refractivity contribution in [3.05, 3.63) is 42.9 Å². The third-order valence-corrected chi connectivity index (χ3v) is 4.52. The van der Waals surface area contributed by atoms with Crippen molar-refractivity contribution in [1.29, 1.82) is 0 Å². The summed E-state index contributed by atoms with van der Waals surface area (Å²) in [4.78, 5) is 24.9. The number of piperidine rings is 1. The molecule has 2 aromatic heterocycles. The molecule has 4 heterocycles. The molecule has 0 spiro atoms. The van der Waals surface area contributed by atoms with Crippen LogP contribution in [0.1, 0.15) is 19.3 Å². The van der Waals surface area contributed by atoms with Crippen LogP contribution in [0, 0.1) is 0 Å². The van der Waals surface area contributed by atoms with Crippen molar-refractivity contribution >= 4 is 11.8 Å². The third-order valence-electron chi connectivity index (χ3n) is 4.52. The van der Waals surface area contributed by atoms with Crippen LogP contribution in [-0.4, -0.2) is 40.0 Å². The van der Waals surface area contributed by atoms with E-state index in [0.717, 1.165) is 42.9 Å². The summed E-state index contributed by atoms with van der Waals surface area (Å²) in [6.45, 7) is 1.64. The number of carbonyl (C=O) groups is 1. The third kappa shape index (κ3) is 2.22. The van der Waals surface area contributed by atoms with Gasteiger partial charge < -0.3 is 4.90 Å². The van der Waals surface area contributed by atoms with Crippen molar-refractivity contribution in [3.8, 4) is 11.1 Å². The van der Waals surface area contributed by atoms with Crippen molar-refractivity contribution in [3.63, 3.8) is 0 Å². The Morgan fingerprint density at radius 2 is 2.00 bits per heavy atom. The highest BCUT2D eigenvalue weighted by Gasteiger charge is 2.39. The van der Waals surface area contributed by atoms with Gasteiger partial charge in [0.2, 0.25) is 0 Å². The first kappa shape index (κ1) is 13.2. The number of hydrogen-bond donors (Lipinski definition) is 0. The molecule has 0 bridgehead atoms. The summed E-state index contributed by atoms with van der Waals surface area (Å²) in [5.41, 5.74) is 2.05. The lowest BCUT2D eigenvalue weighted by Gasteiger charge is -2.27. The fourth-order valence-corrected chi connectivity index (χ4v) is 3.33. The van der Waals surface area contributed by atoms with Crippen LogP contribution in [0.25, 0.3) is 11.1 Å². The maximum Gasteiger partial charge on any atom is 0.326 e. The average Bonchev–Trinajstić information content (AvgIpc) is 2.93. The zero-order valence-corrected chi connectivity index (χ0v) is 12.4. The number of fused-ring (bicyclic) bond motifs is 1. The molecule has 2 aromatic rings. The van der Waals surface area contributed by atoms with Gasteiger partial charge in [0.25, 0.3) is 0 Å². The molecule has 0 saturated carbocycles. The molecular formula is C17H18N4O. The van der Waals surface area contributed by atoms with Gasteiger partial charge in [-0.15, -0.1) is 0 Å². The molecule has 5 nitrogen and oxygen atoms in total. The molecule has 22 heavy (non-hydrogen) atoms. The van der Waals surface area contributed by atoms with Gasteiger partial charge in [-0.25, -0.2) is 9.78 Å². The molecule has 0 aliphatic carbocycles. The molecule has 112 valence electrons. The highest BCUT2D eigenvalue weighted by molar-refractivity contribution is 5.94. The van der Waals surface area contributed by atoms with Crippen LogP contribution in [0.15, 0.2) is 42.9 Å². The molecule has 0 radical (unpaired) electrons. The number of pyridine rings is 2. The highest BCUT2D eigenvalue weighted by Crippen LogP contribution is 2.29. The normalized spacial score (nSPS) is 21.1. The van der Waals surface area contributed by atoms with E-state index in [1.165, 1.54) is 6.42 Å².